The van der Waals surface area contributed by atoms with Crippen molar-refractivity contribution in [2.75, 3.05) is 47.4 Å². The van der Waals surface area contributed by atoms with E-state index in [2.05, 4.69) is 31.2 Å². The van der Waals surface area contributed by atoms with E-state index < -0.39 is 0 Å². The lowest BCUT2D eigenvalue weighted by molar-refractivity contribution is 0.106. The molecule has 1 aliphatic rings. The molecule has 3 nitrogen and oxygen atoms in total. The van der Waals surface area contributed by atoms with Crippen molar-refractivity contribution in [3.05, 3.63) is 0 Å². The first-order chi connectivity index (χ1) is 8.08. The molecule has 3 heteroatoms. The van der Waals surface area contributed by atoms with Gasteiger partial charge in [-0.15, -0.1) is 0 Å². The van der Waals surface area contributed by atoms with Gasteiger partial charge in [0.05, 0.1) is 6.61 Å². The van der Waals surface area contributed by atoms with E-state index in [0.717, 1.165) is 25.6 Å². The number of rotatable bonds is 7. The minimum absolute atomic E-state index is 0.490. The lowest BCUT2D eigenvalue weighted by Gasteiger charge is -2.41. The molecule has 102 valence electrons. The van der Waals surface area contributed by atoms with E-state index in [-0.39, 0.29) is 0 Å². The molecule has 0 heterocycles. The minimum atomic E-state index is 0.490. The fourth-order valence-corrected chi connectivity index (χ4v) is 2.96. The van der Waals surface area contributed by atoms with Gasteiger partial charge in [-0.25, -0.2) is 0 Å². The highest BCUT2D eigenvalue weighted by atomic mass is 16.5. The second-order valence-electron chi connectivity index (χ2n) is 6.09. The topological polar surface area (TPSA) is 24.5 Å². The summed E-state index contributed by atoms with van der Waals surface area (Å²) in [7, 11) is 6.14. The molecule has 0 bridgehead atoms. The van der Waals surface area contributed by atoms with Crippen LogP contribution < -0.4 is 5.32 Å². The third kappa shape index (κ3) is 5.36. The Bertz CT molecular complexity index is 198. The van der Waals surface area contributed by atoms with E-state index in [4.69, 9.17) is 4.74 Å². The van der Waals surface area contributed by atoms with E-state index in [1.54, 1.807) is 7.11 Å². The molecule has 0 amide bonds. The van der Waals surface area contributed by atoms with Crippen molar-refractivity contribution in [2.24, 2.45) is 11.3 Å². The number of nitrogens with zero attached hydrogens (tertiary/aromatic N) is 1. The molecular weight excluding hydrogens is 212 g/mol. The number of methoxy groups -OCH3 is 1. The molecule has 1 rings (SSSR count). The summed E-state index contributed by atoms with van der Waals surface area (Å²) in [5.41, 5.74) is 0.490. The lowest BCUT2D eigenvalue weighted by Crippen LogP contribution is -2.44. The quantitative estimate of drug-likeness (QED) is 0.691. The zero-order chi connectivity index (χ0) is 12.7. The first-order valence-corrected chi connectivity index (χ1v) is 6.92. The van der Waals surface area contributed by atoms with Gasteiger partial charge in [0, 0.05) is 26.7 Å². The summed E-state index contributed by atoms with van der Waals surface area (Å²) in [5, 5.41) is 3.57. The molecule has 0 atom stereocenters. The average molecular weight is 242 g/mol. The first kappa shape index (κ1) is 14.9. The van der Waals surface area contributed by atoms with Crippen LogP contribution in [0.2, 0.25) is 0 Å². The molecule has 0 aromatic rings. The number of hydrogen-bond acceptors (Lipinski definition) is 3. The summed E-state index contributed by atoms with van der Waals surface area (Å²) in [5.74, 6) is 0.921. The predicted octanol–water partition coefficient (Wildman–Crippen LogP) is 1.98. The zero-order valence-electron chi connectivity index (χ0n) is 12.1. The van der Waals surface area contributed by atoms with Crippen LogP contribution in [0, 0.1) is 11.3 Å². The smallest absolute Gasteiger partial charge is 0.0587 e. The molecule has 1 aliphatic carbocycles. The second kappa shape index (κ2) is 7.34. The van der Waals surface area contributed by atoms with E-state index in [1.807, 2.05) is 0 Å². The minimum Gasteiger partial charge on any atom is -0.383 e. The highest BCUT2D eigenvalue weighted by molar-refractivity contribution is 4.88. The summed E-state index contributed by atoms with van der Waals surface area (Å²) in [6, 6.07) is 0. The Morgan fingerprint density at radius 3 is 2.47 bits per heavy atom. The highest BCUT2D eigenvalue weighted by Crippen LogP contribution is 2.38. The SMILES string of the molecule is COCCNCC1(CN(C)C)CCC(C)CC1. The number of nitrogens with one attached hydrogen (secondary N) is 1. The second-order valence-corrected chi connectivity index (χ2v) is 6.09. The van der Waals surface area contributed by atoms with Crippen molar-refractivity contribution in [1.82, 2.24) is 10.2 Å². The Kier molecular flexibility index (Phi) is 6.45. The average Bonchev–Trinajstić information content (AvgIpc) is 2.28. The molecule has 0 aromatic carbocycles. The molecular formula is C14H30N2O. The largest absolute Gasteiger partial charge is 0.383 e. The standard InChI is InChI=1S/C14H30N2O/c1-13-5-7-14(8-6-13,12-16(2)3)11-15-9-10-17-4/h13,15H,5-12H2,1-4H3. The van der Waals surface area contributed by atoms with Crippen LogP contribution in [0.5, 0.6) is 0 Å². The zero-order valence-corrected chi connectivity index (χ0v) is 12.1. The molecule has 17 heavy (non-hydrogen) atoms. The van der Waals surface area contributed by atoms with E-state index in [0.29, 0.717) is 5.41 Å². The van der Waals surface area contributed by atoms with Gasteiger partial charge in [-0.2, -0.15) is 0 Å². The maximum absolute atomic E-state index is 5.09. The van der Waals surface area contributed by atoms with E-state index in [9.17, 15) is 0 Å². The Labute approximate surface area is 107 Å². The van der Waals surface area contributed by atoms with Crippen LogP contribution in [0.15, 0.2) is 0 Å². The van der Waals surface area contributed by atoms with Crippen LogP contribution in [-0.2, 0) is 4.74 Å². The van der Waals surface area contributed by atoms with E-state index in [1.165, 1.54) is 32.2 Å². The van der Waals surface area contributed by atoms with Crippen LogP contribution in [-0.4, -0.2) is 52.3 Å². The Balaban J connectivity index is 2.41. The molecule has 0 aromatic heterocycles. The molecule has 1 fully saturated rings. The van der Waals surface area contributed by atoms with Crippen LogP contribution in [0.3, 0.4) is 0 Å². The Morgan fingerprint density at radius 1 is 1.29 bits per heavy atom. The first-order valence-electron chi connectivity index (χ1n) is 6.92. The third-order valence-corrected chi connectivity index (χ3v) is 3.97. The summed E-state index contributed by atoms with van der Waals surface area (Å²) < 4.78 is 5.09. The van der Waals surface area contributed by atoms with Crippen LogP contribution in [0.25, 0.3) is 0 Å². The predicted molar refractivity (Wildman–Crippen MR) is 73.4 cm³/mol. The Morgan fingerprint density at radius 2 is 1.94 bits per heavy atom. The third-order valence-electron chi connectivity index (χ3n) is 3.97. The van der Waals surface area contributed by atoms with Crippen molar-refractivity contribution in [2.45, 2.75) is 32.6 Å². The van der Waals surface area contributed by atoms with Gasteiger partial charge in [0.25, 0.3) is 0 Å². The monoisotopic (exact) mass is 242 g/mol. The Hall–Kier alpha value is -0.120. The van der Waals surface area contributed by atoms with Gasteiger partial charge in [0.2, 0.25) is 0 Å². The maximum atomic E-state index is 5.09. The molecule has 0 unspecified atom stereocenters. The number of hydrogen-bond donors (Lipinski definition) is 1. The van der Waals surface area contributed by atoms with Gasteiger partial charge >= 0.3 is 0 Å². The molecule has 0 radical (unpaired) electrons. The fourth-order valence-electron chi connectivity index (χ4n) is 2.96. The van der Waals surface area contributed by atoms with Gasteiger partial charge in [0.1, 0.15) is 0 Å². The maximum Gasteiger partial charge on any atom is 0.0587 e. The number of ether oxygens (including phenoxy) is 1. The van der Waals surface area contributed by atoms with Gasteiger partial charge < -0.3 is 15.0 Å². The van der Waals surface area contributed by atoms with Crippen molar-refractivity contribution in [3.8, 4) is 0 Å². The molecule has 0 aliphatic heterocycles. The normalized spacial score (nSPS) is 29.8. The van der Waals surface area contributed by atoms with Crippen LogP contribution >= 0.6 is 0 Å². The van der Waals surface area contributed by atoms with Gasteiger partial charge in [-0.05, 0) is 38.3 Å². The van der Waals surface area contributed by atoms with Gasteiger partial charge in [-0.3, -0.25) is 0 Å². The lowest BCUT2D eigenvalue weighted by atomic mass is 9.70. The van der Waals surface area contributed by atoms with Crippen LogP contribution in [0.4, 0.5) is 0 Å². The van der Waals surface area contributed by atoms with E-state index >= 15 is 0 Å². The van der Waals surface area contributed by atoms with Crippen molar-refractivity contribution in [1.29, 1.82) is 0 Å². The summed E-state index contributed by atoms with van der Waals surface area (Å²) >= 11 is 0. The summed E-state index contributed by atoms with van der Waals surface area (Å²) in [4.78, 5) is 2.34. The molecule has 0 spiro atoms. The summed E-state index contributed by atoms with van der Waals surface area (Å²) in [6.07, 6.45) is 5.51. The molecule has 0 saturated heterocycles. The van der Waals surface area contributed by atoms with Crippen molar-refractivity contribution < 1.29 is 4.74 Å². The highest BCUT2D eigenvalue weighted by Gasteiger charge is 2.34. The van der Waals surface area contributed by atoms with Crippen molar-refractivity contribution >= 4 is 0 Å². The van der Waals surface area contributed by atoms with Crippen molar-refractivity contribution in [3.63, 3.8) is 0 Å². The van der Waals surface area contributed by atoms with Gasteiger partial charge in [-0.1, -0.05) is 19.8 Å². The fraction of sp³-hybridized carbons (Fsp3) is 1.00. The van der Waals surface area contributed by atoms with Gasteiger partial charge in [0.15, 0.2) is 0 Å². The molecule has 1 saturated carbocycles. The van der Waals surface area contributed by atoms with Crippen LogP contribution in [0.1, 0.15) is 32.6 Å². The molecule has 1 N–H and O–H groups in total. The summed E-state index contributed by atoms with van der Waals surface area (Å²) in [6.45, 7) is 6.52.